The van der Waals surface area contributed by atoms with Crippen molar-refractivity contribution in [3.63, 3.8) is 0 Å². The van der Waals surface area contributed by atoms with Crippen molar-refractivity contribution in [1.29, 1.82) is 0 Å². The van der Waals surface area contributed by atoms with E-state index < -0.39 is 0 Å². The molecule has 1 aromatic rings. The number of likely N-dealkylation sites (tertiary alicyclic amines) is 1. The van der Waals surface area contributed by atoms with Crippen LogP contribution < -0.4 is 20.3 Å². The van der Waals surface area contributed by atoms with E-state index in [1.807, 2.05) is 19.2 Å². The Morgan fingerprint density at radius 1 is 1.20 bits per heavy atom. The number of methoxy groups -OCH3 is 1. The Kier molecular flexibility index (Phi) is 10.5. The molecule has 2 atom stereocenters. The molecule has 2 aliphatic heterocycles. The van der Waals surface area contributed by atoms with Crippen LogP contribution in [0.1, 0.15) is 33.1 Å². The predicted octanol–water partition coefficient (Wildman–Crippen LogP) is 3.42. The van der Waals surface area contributed by atoms with Gasteiger partial charge in [0.15, 0.2) is 5.96 Å². The number of hydrogen-bond acceptors (Lipinski definition) is 4. The number of ether oxygens (including phenoxy) is 1. The van der Waals surface area contributed by atoms with Crippen LogP contribution in [0.25, 0.3) is 0 Å². The van der Waals surface area contributed by atoms with Crippen LogP contribution in [0.5, 0.6) is 5.75 Å². The highest BCUT2D eigenvalue weighted by atomic mass is 127. The Bertz CT molecular complexity index is 669. The molecule has 0 aromatic heterocycles. The van der Waals surface area contributed by atoms with Gasteiger partial charge in [-0.3, -0.25) is 4.99 Å². The van der Waals surface area contributed by atoms with Gasteiger partial charge in [0.2, 0.25) is 0 Å². The number of nitrogens with zero attached hydrogens (tertiary/aromatic N) is 3. The molecule has 0 aliphatic carbocycles. The van der Waals surface area contributed by atoms with Crippen LogP contribution in [0.15, 0.2) is 29.3 Å². The van der Waals surface area contributed by atoms with Gasteiger partial charge in [0, 0.05) is 45.8 Å². The summed E-state index contributed by atoms with van der Waals surface area (Å²) in [5.41, 5.74) is 1.18. The molecule has 6 nitrogen and oxygen atoms in total. The molecule has 3 rings (SSSR count). The fourth-order valence-electron chi connectivity index (χ4n) is 4.62. The molecule has 2 heterocycles. The molecule has 30 heavy (non-hydrogen) atoms. The number of para-hydroxylation sites is 2. The van der Waals surface area contributed by atoms with Gasteiger partial charge in [0.05, 0.1) is 12.8 Å². The molecule has 170 valence electrons. The molecule has 0 spiro atoms. The van der Waals surface area contributed by atoms with Crippen molar-refractivity contribution in [3.8, 4) is 5.75 Å². The minimum absolute atomic E-state index is 0. The second-order valence-corrected chi connectivity index (χ2v) is 8.86. The first kappa shape index (κ1) is 25.0. The lowest BCUT2D eigenvalue weighted by Gasteiger charge is -2.34. The van der Waals surface area contributed by atoms with E-state index in [-0.39, 0.29) is 24.0 Å². The zero-order chi connectivity index (χ0) is 20.6. The van der Waals surface area contributed by atoms with Crippen molar-refractivity contribution in [3.05, 3.63) is 24.3 Å². The summed E-state index contributed by atoms with van der Waals surface area (Å²) in [7, 11) is 3.61. The number of hydrogen-bond donors (Lipinski definition) is 2. The van der Waals surface area contributed by atoms with E-state index in [0.29, 0.717) is 12.0 Å². The van der Waals surface area contributed by atoms with Crippen molar-refractivity contribution < 1.29 is 4.74 Å². The highest BCUT2D eigenvalue weighted by Gasteiger charge is 2.26. The third kappa shape index (κ3) is 7.18. The predicted molar refractivity (Wildman–Crippen MR) is 138 cm³/mol. The maximum absolute atomic E-state index is 5.53. The summed E-state index contributed by atoms with van der Waals surface area (Å²) in [6, 6.07) is 8.66. The maximum Gasteiger partial charge on any atom is 0.191 e. The highest BCUT2D eigenvalue weighted by molar-refractivity contribution is 14.0. The molecule has 1 aromatic carbocycles. The fraction of sp³-hybridized carbons (Fsp3) is 0.696. The summed E-state index contributed by atoms with van der Waals surface area (Å²) in [4.78, 5) is 9.49. The highest BCUT2D eigenvalue weighted by Crippen LogP contribution is 2.30. The number of piperidine rings is 1. The van der Waals surface area contributed by atoms with Crippen LogP contribution in [0.2, 0.25) is 0 Å². The third-order valence-corrected chi connectivity index (χ3v) is 5.96. The number of nitrogens with one attached hydrogen (secondary N) is 2. The quantitative estimate of drug-likeness (QED) is 0.322. The Balaban J connectivity index is 0.00000320. The summed E-state index contributed by atoms with van der Waals surface area (Å²) in [6.07, 6.45) is 3.72. The van der Waals surface area contributed by atoms with Crippen LogP contribution >= 0.6 is 24.0 Å². The van der Waals surface area contributed by atoms with E-state index in [2.05, 4.69) is 51.4 Å². The molecule has 2 saturated heterocycles. The first-order valence-electron chi connectivity index (χ1n) is 11.2. The zero-order valence-corrected chi connectivity index (χ0v) is 21.4. The van der Waals surface area contributed by atoms with Gasteiger partial charge in [-0.1, -0.05) is 26.0 Å². The molecular weight excluding hydrogens is 489 g/mol. The topological polar surface area (TPSA) is 52.1 Å². The van der Waals surface area contributed by atoms with Gasteiger partial charge in [-0.2, -0.15) is 0 Å². The summed E-state index contributed by atoms with van der Waals surface area (Å²) >= 11 is 0. The van der Waals surface area contributed by atoms with Crippen LogP contribution in [0.4, 0.5) is 5.69 Å². The van der Waals surface area contributed by atoms with Crippen LogP contribution in [0, 0.1) is 11.8 Å². The Morgan fingerprint density at radius 2 is 2.00 bits per heavy atom. The van der Waals surface area contributed by atoms with Crippen LogP contribution in [0.3, 0.4) is 0 Å². The molecule has 2 aliphatic rings. The molecule has 0 saturated carbocycles. The fourth-order valence-corrected chi connectivity index (χ4v) is 4.62. The zero-order valence-electron chi connectivity index (χ0n) is 19.1. The molecule has 0 radical (unpaired) electrons. The van der Waals surface area contributed by atoms with Crippen molar-refractivity contribution in [2.75, 3.05) is 58.3 Å². The monoisotopic (exact) mass is 529 g/mol. The van der Waals surface area contributed by atoms with E-state index in [1.54, 1.807) is 7.11 Å². The SMILES string of the molecule is CN=C(NCC1CCCN(CC(C)C)C1)NC1CCN(c2ccccc2OC)C1.I. The second-order valence-electron chi connectivity index (χ2n) is 8.86. The summed E-state index contributed by atoms with van der Waals surface area (Å²) in [5.74, 6) is 3.32. The van der Waals surface area contributed by atoms with Crippen molar-refractivity contribution in [2.45, 2.75) is 39.2 Å². The molecule has 0 bridgehead atoms. The molecule has 0 amide bonds. The van der Waals surface area contributed by atoms with E-state index in [9.17, 15) is 0 Å². The molecule has 7 heteroatoms. The van der Waals surface area contributed by atoms with Gasteiger partial charge in [-0.05, 0) is 49.8 Å². The third-order valence-electron chi connectivity index (χ3n) is 5.96. The van der Waals surface area contributed by atoms with Gasteiger partial charge >= 0.3 is 0 Å². The summed E-state index contributed by atoms with van der Waals surface area (Å²) in [6.45, 7) is 11.3. The van der Waals surface area contributed by atoms with E-state index in [4.69, 9.17) is 4.74 Å². The standard InChI is InChI=1S/C23H39N5O.HI/c1-18(2)15-27-12-7-8-19(16-27)14-25-23(24-3)26-20-11-13-28(17-20)21-9-5-6-10-22(21)29-4;/h5-6,9-10,18-20H,7-8,11-17H2,1-4H3,(H2,24,25,26);1H. The first-order valence-corrected chi connectivity index (χ1v) is 11.2. The summed E-state index contributed by atoms with van der Waals surface area (Å²) in [5, 5.41) is 7.21. The lowest BCUT2D eigenvalue weighted by Crippen LogP contribution is -2.48. The average molecular weight is 530 g/mol. The number of anilines is 1. The minimum Gasteiger partial charge on any atom is -0.495 e. The normalized spacial score (nSPS) is 22.7. The van der Waals surface area contributed by atoms with Crippen LogP contribution in [-0.4, -0.2) is 70.3 Å². The van der Waals surface area contributed by atoms with Gasteiger partial charge in [-0.25, -0.2) is 0 Å². The smallest absolute Gasteiger partial charge is 0.191 e. The largest absolute Gasteiger partial charge is 0.495 e. The van der Waals surface area contributed by atoms with Gasteiger partial charge in [0.25, 0.3) is 0 Å². The first-order chi connectivity index (χ1) is 14.1. The number of guanidine groups is 1. The van der Waals surface area contributed by atoms with Crippen molar-refractivity contribution in [2.24, 2.45) is 16.8 Å². The van der Waals surface area contributed by atoms with Gasteiger partial charge in [-0.15, -0.1) is 24.0 Å². The Morgan fingerprint density at radius 3 is 2.73 bits per heavy atom. The second kappa shape index (κ2) is 12.6. The Labute approximate surface area is 199 Å². The minimum atomic E-state index is 0. The Hall–Kier alpha value is -1.22. The lowest BCUT2D eigenvalue weighted by atomic mass is 9.97. The summed E-state index contributed by atoms with van der Waals surface area (Å²) < 4.78 is 5.53. The van der Waals surface area contributed by atoms with Crippen molar-refractivity contribution in [1.82, 2.24) is 15.5 Å². The molecule has 2 unspecified atom stereocenters. The lowest BCUT2D eigenvalue weighted by molar-refractivity contribution is 0.159. The van der Waals surface area contributed by atoms with Gasteiger partial charge in [0.1, 0.15) is 5.75 Å². The number of benzene rings is 1. The van der Waals surface area contributed by atoms with E-state index in [0.717, 1.165) is 43.7 Å². The maximum atomic E-state index is 5.53. The van der Waals surface area contributed by atoms with Gasteiger partial charge < -0.3 is 25.2 Å². The van der Waals surface area contributed by atoms with E-state index in [1.165, 1.54) is 38.2 Å². The average Bonchev–Trinajstić information content (AvgIpc) is 3.19. The molecule has 2 N–H and O–H groups in total. The molecule has 2 fully saturated rings. The number of aliphatic imine (C=N–C) groups is 1. The van der Waals surface area contributed by atoms with E-state index >= 15 is 0 Å². The molecular formula is C23H40IN5O. The van der Waals surface area contributed by atoms with Crippen LogP contribution in [-0.2, 0) is 0 Å². The van der Waals surface area contributed by atoms with Crippen molar-refractivity contribution >= 4 is 35.6 Å². The number of halogens is 1. The number of rotatable bonds is 7.